The first-order chi connectivity index (χ1) is 11.6. The summed E-state index contributed by atoms with van der Waals surface area (Å²) < 4.78 is 2.18. The molecule has 132 valence electrons. The van der Waals surface area contributed by atoms with Gasteiger partial charge in [0.25, 0.3) is 0 Å². The van der Waals surface area contributed by atoms with Crippen LogP contribution in [-0.4, -0.2) is 28.3 Å². The molecule has 25 heavy (non-hydrogen) atoms. The Hall–Kier alpha value is -2.13. The Kier molecular flexibility index (Phi) is 4.24. The maximum Gasteiger partial charge on any atom is 0.247 e. The second-order valence-electron chi connectivity index (χ2n) is 7.83. The van der Waals surface area contributed by atoms with Gasteiger partial charge in [0.15, 0.2) is 6.54 Å². The van der Waals surface area contributed by atoms with E-state index in [0.717, 1.165) is 5.69 Å². The molecule has 3 rings (SSSR count). The quantitative estimate of drug-likeness (QED) is 0.820. The molecule has 0 aliphatic carbocycles. The van der Waals surface area contributed by atoms with Crippen molar-refractivity contribution in [1.29, 1.82) is 0 Å². The van der Waals surface area contributed by atoms with Gasteiger partial charge < -0.3 is 5.11 Å². The summed E-state index contributed by atoms with van der Waals surface area (Å²) in [6.45, 7) is 15.2. The predicted octanol–water partition coefficient (Wildman–Crippen LogP) is 4.44. The number of rotatable bonds is 2. The number of benzene rings is 2. The lowest BCUT2D eigenvalue weighted by molar-refractivity contribution is -0.444. The summed E-state index contributed by atoms with van der Waals surface area (Å²) in [5.74, 6) is 0. The highest BCUT2D eigenvalue weighted by molar-refractivity contribution is 5.83. The van der Waals surface area contributed by atoms with E-state index in [9.17, 15) is 5.11 Å². The van der Waals surface area contributed by atoms with E-state index < -0.39 is 5.72 Å². The first-order valence-electron chi connectivity index (χ1n) is 8.89. The topological polar surface area (TPSA) is 26.5 Å². The highest BCUT2D eigenvalue weighted by atomic mass is 16.3. The van der Waals surface area contributed by atoms with Crippen molar-refractivity contribution >= 4 is 17.7 Å². The van der Waals surface area contributed by atoms with Crippen molar-refractivity contribution in [2.24, 2.45) is 0 Å². The van der Waals surface area contributed by atoms with E-state index in [1.165, 1.54) is 39.1 Å². The maximum absolute atomic E-state index is 11.1. The number of nitrogens with zero attached hydrogens (tertiary/aromatic N) is 2. The fourth-order valence-corrected chi connectivity index (χ4v) is 4.32. The van der Waals surface area contributed by atoms with Crippen LogP contribution < -0.4 is 4.90 Å². The monoisotopic (exact) mass is 337 g/mol. The molecular formula is C22H29N2O+. The van der Waals surface area contributed by atoms with Gasteiger partial charge in [0.1, 0.15) is 11.4 Å². The summed E-state index contributed by atoms with van der Waals surface area (Å²) in [6, 6.07) is 8.76. The van der Waals surface area contributed by atoms with E-state index in [1.54, 1.807) is 0 Å². The molecule has 2 aromatic rings. The molecular weight excluding hydrogens is 308 g/mol. The molecule has 0 saturated heterocycles. The zero-order valence-corrected chi connectivity index (χ0v) is 16.4. The third-order valence-electron chi connectivity index (χ3n) is 5.04. The molecule has 0 radical (unpaired) electrons. The van der Waals surface area contributed by atoms with Crippen molar-refractivity contribution in [3.63, 3.8) is 0 Å². The third-order valence-corrected chi connectivity index (χ3v) is 5.04. The van der Waals surface area contributed by atoms with E-state index in [-0.39, 0.29) is 0 Å². The Morgan fingerprint density at radius 1 is 0.840 bits per heavy atom. The minimum Gasteiger partial charge on any atom is -0.350 e. The highest BCUT2D eigenvalue weighted by Gasteiger charge is 2.45. The van der Waals surface area contributed by atoms with Crippen molar-refractivity contribution < 1.29 is 9.68 Å². The number of hydrogen-bond donors (Lipinski definition) is 1. The van der Waals surface area contributed by atoms with Crippen LogP contribution in [0.3, 0.4) is 0 Å². The first kappa shape index (κ1) is 17.7. The molecule has 1 atom stereocenters. The Morgan fingerprint density at radius 3 is 1.76 bits per heavy atom. The molecule has 2 aromatic carbocycles. The van der Waals surface area contributed by atoms with Gasteiger partial charge in [-0.05, 0) is 63.8 Å². The molecule has 1 aliphatic heterocycles. The summed E-state index contributed by atoms with van der Waals surface area (Å²) in [6.07, 6.45) is 2.06. The van der Waals surface area contributed by atoms with Crippen LogP contribution in [0.4, 0.5) is 11.4 Å². The van der Waals surface area contributed by atoms with Crippen molar-refractivity contribution in [3.05, 3.63) is 57.6 Å². The van der Waals surface area contributed by atoms with E-state index >= 15 is 0 Å². The maximum atomic E-state index is 11.1. The van der Waals surface area contributed by atoms with Crippen molar-refractivity contribution in [1.82, 2.24) is 0 Å². The second kappa shape index (κ2) is 5.99. The molecule has 0 aromatic heterocycles. The van der Waals surface area contributed by atoms with Crippen LogP contribution in [-0.2, 0) is 0 Å². The number of aryl methyl sites for hydroxylation is 6. The van der Waals surface area contributed by atoms with Gasteiger partial charge in [0, 0.05) is 6.92 Å². The smallest absolute Gasteiger partial charge is 0.247 e. The lowest BCUT2D eigenvalue weighted by Crippen LogP contribution is -2.45. The van der Waals surface area contributed by atoms with Crippen molar-refractivity contribution in [2.45, 2.75) is 54.2 Å². The second-order valence-corrected chi connectivity index (χ2v) is 7.83. The standard InChI is InChI=1S/C22H29N2O/c1-14-8-16(3)20(17(4)9-14)23-12-22(7,25)24(13-23)21-18(5)10-15(2)11-19(21)6/h8-11,13,25H,12H2,1-7H3/q+1. The summed E-state index contributed by atoms with van der Waals surface area (Å²) in [7, 11) is 0. The normalized spacial score (nSPS) is 20.2. The molecule has 0 fully saturated rings. The van der Waals surface area contributed by atoms with E-state index in [1.807, 2.05) is 11.8 Å². The lowest BCUT2D eigenvalue weighted by Gasteiger charge is -2.25. The van der Waals surface area contributed by atoms with Crippen LogP contribution in [0.1, 0.15) is 40.3 Å². The van der Waals surface area contributed by atoms with E-state index in [2.05, 4.69) is 76.7 Å². The number of hydrogen-bond acceptors (Lipinski definition) is 2. The zero-order chi connectivity index (χ0) is 18.5. The van der Waals surface area contributed by atoms with Gasteiger partial charge in [0.2, 0.25) is 12.1 Å². The molecule has 1 unspecified atom stereocenters. The molecule has 1 aliphatic rings. The van der Waals surface area contributed by atoms with Gasteiger partial charge in [0.05, 0.1) is 0 Å². The largest absolute Gasteiger partial charge is 0.350 e. The molecule has 3 nitrogen and oxygen atoms in total. The highest BCUT2D eigenvalue weighted by Crippen LogP contribution is 2.35. The number of aliphatic hydroxyl groups is 1. The van der Waals surface area contributed by atoms with Gasteiger partial charge in [-0.25, -0.2) is 4.58 Å². The van der Waals surface area contributed by atoms with Gasteiger partial charge in [-0.2, -0.15) is 4.90 Å². The summed E-state index contributed by atoms with van der Waals surface area (Å²) in [4.78, 5) is 2.02. The average Bonchev–Trinajstić information content (AvgIpc) is 2.72. The van der Waals surface area contributed by atoms with Crippen molar-refractivity contribution in [3.8, 4) is 0 Å². The molecule has 0 saturated carbocycles. The van der Waals surface area contributed by atoms with Crippen LogP contribution in [0, 0.1) is 41.5 Å². The molecule has 0 bridgehead atoms. The Balaban J connectivity index is 2.14. The summed E-state index contributed by atoms with van der Waals surface area (Å²) in [5.41, 5.74) is 8.71. The molecule has 1 N–H and O–H groups in total. The van der Waals surface area contributed by atoms with Crippen LogP contribution in [0.15, 0.2) is 24.3 Å². The fraction of sp³-hybridized carbons (Fsp3) is 0.409. The summed E-state index contributed by atoms with van der Waals surface area (Å²) in [5, 5.41) is 11.1. The number of anilines is 1. The molecule has 0 spiro atoms. The fourth-order valence-electron chi connectivity index (χ4n) is 4.32. The minimum absolute atomic E-state index is 0.546. The van der Waals surface area contributed by atoms with E-state index in [4.69, 9.17) is 0 Å². The Morgan fingerprint density at radius 2 is 1.28 bits per heavy atom. The molecule has 3 heteroatoms. The Bertz CT molecular complexity index is 832. The van der Waals surface area contributed by atoms with Gasteiger partial charge in [-0.15, -0.1) is 0 Å². The number of β-amino-alcohol motifs (C(OH)–C–C–N with tert-alkyl or cyclic N) is 1. The van der Waals surface area contributed by atoms with Crippen molar-refractivity contribution in [2.75, 3.05) is 11.4 Å². The Labute approximate surface area is 151 Å². The van der Waals surface area contributed by atoms with E-state index in [0.29, 0.717) is 6.54 Å². The SMILES string of the molecule is Cc1cc(C)c(N2C=[N+](c3c(C)cc(C)cc3C)CC2(C)O)c(C)c1. The third kappa shape index (κ3) is 3.09. The average molecular weight is 337 g/mol. The van der Waals surface area contributed by atoms with Gasteiger partial charge >= 0.3 is 0 Å². The predicted molar refractivity (Wildman–Crippen MR) is 105 cm³/mol. The zero-order valence-electron chi connectivity index (χ0n) is 16.4. The summed E-state index contributed by atoms with van der Waals surface area (Å²) >= 11 is 0. The van der Waals surface area contributed by atoms with Gasteiger partial charge in [-0.1, -0.05) is 35.4 Å². The molecule has 1 heterocycles. The van der Waals surface area contributed by atoms with Gasteiger partial charge in [-0.3, -0.25) is 0 Å². The van der Waals surface area contributed by atoms with Crippen LogP contribution in [0.2, 0.25) is 0 Å². The lowest BCUT2D eigenvalue weighted by atomic mass is 10.0. The van der Waals surface area contributed by atoms with Crippen LogP contribution >= 0.6 is 0 Å². The first-order valence-corrected chi connectivity index (χ1v) is 8.89. The van der Waals surface area contributed by atoms with Crippen LogP contribution in [0.25, 0.3) is 0 Å². The molecule has 0 amide bonds. The minimum atomic E-state index is -0.950. The van der Waals surface area contributed by atoms with Crippen LogP contribution in [0.5, 0.6) is 0 Å².